The Morgan fingerprint density at radius 3 is 3.08 bits per heavy atom. The molecule has 1 aliphatic heterocycles. The molecule has 7 heteroatoms. The second-order valence-corrected chi connectivity index (χ2v) is 7.08. The van der Waals surface area contributed by atoms with E-state index in [2.05, 4.69) is 22.2 Å². The van der Waals surface area contributed by atoms with E-state index < -0.39 is 0 Å². The summed E-state index contributed by atoms with van der Waals surface area (Å²) in [6.07, 6.45) is 0.521. The van der Waals surface area contributed by atoms with Gasteiger partial charge in [-0.2, -0.15) is 11.8 Å². The summed E-state index contributed by atoms with van der Waals surface area (Å²) in [6.45, 7) is 4.58. The molecule has 1 aliphatic rings. The number of nitrogens with zero attached hydrogens (tertiary/aromatic N) is 2. The summed E-state index contributed by atoms with van der Waals surface area (Å²) in [5.41, 5.74) is 0.601. The Bertz CT molecular complexity index is 777. The summed E-state index contributed by atoms with van der Waals surface area (Å²) < 4.78 is 0. The molecular formula is C17H22N4O2S. The summed E-state index contributed by atoms with van der Waals surface area (Å²) in [4.78, 5) is 33.5. The van der Waals surface area contributed by atoms with Crippen molar-refractivity contribution in [3.63, 3.8) is 0 Å². The van der Waals surface area contributed by atoms with Crippen LogP contribution in [0.5, 0.6) is 0 Å². The van der Waals surface area contributed by atoms with Crippen LogP contribution in [0.25, 0.3) is 10.9 Å². The number of aromatic nitrogens is 2. The molecule has 0 saturated carbocycles. The highest BCUT2D eigenvalue weighted by Crippen LogP contribution is 2.13. The molecule has 128 valence electrons. The predicted molar refractivity (Wildman–Crippen MR) is 97.2 cm³/mol. The number of fused-ring (bicyclic) bond motifs is 1. The zero-order valence-electron chi connectivity index (χ0n) is 13.7. The van der Waals surface area contributed by atoms with E-state index in [1.807, 2.05) is 23.1 Å². The van der Waals surface area contributed by atoms with Crippen molar-refractivity contribution in [2.45, 2.75) is 25.1 Å². The molecule has 1 saturated heterocycles. The molecule has 2 N–H and O–H groups in total. The smallest absolute Gasteiger partial charge is 0.258 e. The van der Waals surface area contributed by atoms with Crippen LogP contribution in [0.1, 0.15) is 19.2 Å². The number of thioether (sulfide) groups is 1. The Hall–Kier alpha value is -1.86. The lowest BCUT2D eigenvalue weighted by Gasteiger charge is -2.34. The van der Waals surface area contributed by atoms with Gasteiger partial charge in [-0.25, -0.2) is 4.98 Å². The Morgan fingerprint density at radius 2 is 2.25 bits per heavy atom. The second-order valence-electron chi connectivity index (χ2n) is 5.97. The lowest BCUT2D eigenvalue weighted by Crippen LogP contribution is -2.52. The maximum absolute atomic E-state index is 12.3. The van der Waals surface area contributed by atoms with Gasteiger partial charge in [-0.1, -0.05) is 12.1 Å². The predicted octanol–water partition coefficient (Wildman–Crippen LogP) is 1.37. The number of piperazine rings is 1. The van der Waals surface area contributed by atoms with Crippen LogP contribution in [0.4, 0.5) is 0 Å². The Labute approximate surface area is 145 Å². The van der Waals surface area contributed by atoms with Gasteiger partial charge in [0.1, 0.15) is 5.82 Å². The second kappa shape index (κ2) is 7.81. The van der Waals surface area contributed by atoms with Crippen molar-refractivity contribution in [1.82, 2.24) is 20.2 Å². The molecule has 0 bridgehead atoms. The van der Waals surface area contributed by atoms with Gasteiger partial charge in [-0.3, -0.25) is 9.59 Å². The van der Waals surface area contributed by atoms with Crippen LogP contribution in [0, 0.1) is 0 Å². The standard InChI is InChI=1S/C17H22N4O2S/c1-12-10-18-7-8-21(12)16(22)6-9-24-11-15-19-14-5-3-2-4-13(14)17(23)20-15/h2-5,12,18H,6-11H2,1H3,(H,19,20,23)/t12-/m0/s1. The molecule has 6 nitrogen and oxygen atoms in total. The zero-order valence-corrected chi connectivity index (χ0v) is 14.6. The molecule has 2 heterocycles. The number of rotatable bonds is 5. The summed E-state index contributed by atoms with van der Waals surface area (Å²) in [7, 11) is 0. The number of carbonyl (C=O) groups is 1. The van der Waals surface area contributed by atoms with Gasteiger partial charge in [0, 0.05) is 37.8 Å². The van der Waals surface area contributed by atoms with Crippen LogP contribution in [-0.4, -0.2) is 52.2 Å². The van der Waals surface area contributed by atoms with Crippen LogP contribution in [0.2, 0.25) is 0 Å². The average Bonchev–Trinajstić information content (AvgIpc) is 2.59. The highest BCUT2D eigenvalue weighted by molar-refractivity contribution is 7.98. The number of aromatic amines is 1. The largest absolute Gasteiger partial charge is 0.337 e. The molecule has 1 aromatic heterocycles. The first-order valence-corrected chi connectivity index (χ1v) is 9.36. The van der Waals surface area contributed by atoms with E-state index in [9.17, 15) is 9.59 Å². The SMILES string of the molecule is C[C@H]1CNCCN1C(=O)CCSCc1nc2ccccc2c(=O)[nH]1. The first-order chi connectivity index (χ1) is 11.6. The number of hydrogen-bond acceptors (Lipinski definition) is 5. The molecule has 1 atom stereocenters. The molecule has 0 radical (unpaired) electrons. The fourth-order valence-electron chi connectivity index (χ4n) is 2.89. The van der Waals surface area contributed by atoms with Crippen LogP contribution in [0.15, 0.2) is 29.1 Å². The highest BCUT2D eigenvalue weighted by Gasteiger charge is 2.22. The lowest BCUT2D eigenvalue weighted by molar-refractivity contribution is -0.133. The number of amides is 1. The minimum absolute atomic E-state index is 0.109. The Balaban J connectivity index is 1.51. The summed E-state index contributed by atoms with van der Waals surface area (Å²) in [5.74, 6) is 2.19. The van der Waals surface area contributed by atoms with Gasteiger partial charge in [0.15, 0.2) is 0 Å². The van der Waals surface area contributed by atoms with Gasteiger partial charge in [-0.05, 0) is 19.1 Å². The average molecular weight is 346 g/mol. The highest BCUT2D eigenvalue weighted by atomic mass is 32.2. The minimum atomic E-state index is -0.109. The van der Waals surface area contributed by atoms with E-state index in [4.69, 9.17) is 0 Å². The zero-order chi connectivity index (χ0) is 16.9. The molecule has 2 aromatic rings. The number of hydrogen-bond donors (Lipinski definition) is 2. The van der Waals surface area contributed by atoms with Crippen LogP contribution < -0.4 is 10.9 Å². The first-order valence-electron chi connectivity index (χ1n) is 8.21. The van der Waals surface area contributed by atoms with Gasteiger partial charge in [0.05, 0.1) is 16.7 Å². The van der Waals surface area contributed by atoms with Crippen molar-refractivity contribution in [3.05, 3.63) is 40.4 Å². The van der Waals surface area contributed by atoms with E-state index in [0.29, 0.717) is 28.9 Å². The van der Waals surface area contributed by atoms with Crippen molar-refractivity contribution in [2.75, 3.05) is 25.4 Å². The molecule has 1 fully saturated rings. The van der Waals surface area contributed by atoms with Crippen molar-refractivity contribution >= 4 is 28.6 Å². The topological polar surface area (TPSA) is 78.1 Å². The molecule has 1 aromatic carbocycles. The Kier molecular flexibility index (Phi) is 5.52. The summed E-state index contributed by atoms with van der Waals surface area (Å²) >= 11 is 1.62. The fraction of sp³-hybridized carbons (Fsp3) is 0.471. The lowest BCUT2D eigenvalue weighted by atomic mass is 10.2. The van der Waals surface area contributed by atoms with Crippen LogP contribution >= 0.6 is 11.8 Å². The molecule has 0 aliphatic carbocycles. The molecule has 24 heavy (non-hydrogen) atoms. The maximum atomic E-state index is 12.3. The fourth-order valence-corrected chi connectivity index (χ4v) is 3.68. The van der Waals surface area contributed by atoms with E-state index in [1.54, 1.807) is 17.8 Å². The number of benzene rings is 1. The monoisotopic (exact) mass is 346 g/mol. The van der Waals surface area contributed by atoms with Gasteiger partial charge in [0.25, 0.3) is 5.56 Å². The van der Waals surface area contributed by atoms with E-state index >= 15 is 0 Å². The maximum Gasteiger partial charge on any atom is 0.258 e. The van der Waals surface area contributed by atoms with Crippen molar-refractivity contribution < 1.29 is 4.79 Å². The van der Waals surface area contributed by atoms with Gasteiger partial charge < -0.3 is 15.2 Å². The molecule has 0 unspecified atom stereocenters. The number of para-hydroxylation sites is 1. The number of H-pyrrole nitrogens is 1. The van der Waals surface area contributed by atoms with Crippen LogP contribution in [-0.2, 0) is 10.5 Å². The summed E-state index contributed by atoms with van der Waals surface area (Å²) in [5, 5.41) is 3.89. The molecule has 1 amide bonds. The first kappa shape index (κ1) is 17.0. The third kappa shape index (κ3) is 3.96. The quantitative estimate of drug-likeness (QED) is 0.800. The number of nitrogens with one attached hydrogen (secondary N) is 2. The van der Waals surface area contributed by atoms with Crippen molar-refractivity contribution in [3.8, 4) is 0 Å². The molecule has 0 spiro atoms. The third-order valence-electron chi connectivity index (χ3n) is 4.18. The minimum Gasteiger partial charge on any atom is -0.337 e. The summed E-state index contributed by atoms with van der Waals surface area (Å²) in [6, 6.07) is 7.57. The van der Waals surface area contributed by atoms with Gasteiger partial charge in [0.2, 0.25) is 5.91 Å². The van der Waals surface area contributed by atoms with E-state index in [0.717, 1.165) is 25.4 Å². The van der Waals surface area contributed by atoms with Gasteiger partial charge in [-0.15, -0.1) is 0 Å². The molecular weight excluding hydrogens is 324 g/mol. The van der Waals surface area contributed by atoms with Crippen LogP contribution in [0.3, 0.4) is 0 Å². The Morgan fingerprint density at radius 1 is 1.42 bits per heavy atom. The van der Waals surface area contributed by atoms with E-state index in [1.165, 1.54) is 0 Å². The molecule has 3 rings (SSSR count). The van der Waals surface area contributed by atoms with Crippen molar-refractivity contribution in [2.24, 2.45) is 0 Å². The number of carbonyl (C=O) groups excluding carboxylic acids is 1. The van der Waals surface area contributed by atoms with Crippen molar-refractivity contribution in [1.29, 1.82) is 0 Å². The third-order valence-corrected chi connectivity index (χ3v) is 5.15. The van der Waals surface area contributed by atoms with Gasteiger partial charge >= 0.3 is 0 Å². The normalized spacial score (nSPS) is 18.0. The van der Waals surface area contributed by atoms with E-state index in [-0.39, 0.29) is 17.5 Å².